The molecule has 2 aromatic heterocycles. The van der Waals surface area contributed by atoms with Gasteiger partial charge in [0.25, 0.3) is 0 Å². The van der Waals surface area contributed by atoms with Crippen molar-refractivity contribution in [2.75, 3.05) is 7.11 Å². The minimum Gasteiger partial charge on any atom is -0.493 e. The van der Waals surface area contributed by atoms with E-state index in [0.29, 0.717) is 27.6 Å². The van der Waals surface area contributed by atoms with E-state index in [9.17, 15) is 10.1 Å². The fourth-order valence-electron chi connectivity index (χ4n) is 4.01. The third kappa shape index (κ3) is 4.00. The highest BCUT2D eigenvalue weighted by atomic mass is 32.1. The zero-order valence-corrected chi connectivity index (χ0v) is 19.7. The van der Waals surface area contributed by atoms with Gasteiger partial charge in [-0.25, -0.2) is 4.79 Å². The molecule has 1 atom stereocenters. The Bertz CT molecular complexity index is 1480. The molecule has 0 saturated heterocycles. The number of allylic oxidation sites excluding steroid dienone is 1. The van der Waals surface area contributed by atoms with E-state index in [1.54, 1.807) is 35.7 Å². The van der Waals surface area contributed by atoms with Crippen LogP contribution in [0.1, 0.15) is 32.3 Å². The summed E-state index contributed by atoms with van der Waals surface area (Å²) in [4.78, 5) is 12.9. The van der Waals surface area contributed by atoms with E-state index in [-0.39, 0.29) is 17.2 Å². The van der Waals surface area contributed by atoms with Crippen LogP contribution in [0.5, 0.6) is 17.4 Å². The van der Waals surface area contributed by atoms with E-state index >= 15 is 0 Å². The average Bonchev–Trinajstić information content (AvgIpc) is 3.54. The molecule has 9 heteroatoms. The monoisotopic (exact) mass is 484 g/mol. The molecule has 1 aliphatic heterocycles. The number of nitriles is 1. The number of methoxy groups -OCH3 is 1. The summed E-state index contributed by atoms with van der Waals surface area (Å²) in [6, 6.07) is 18.7. The first-order valence-electron chi connectivity index (χ1n) is 10.7. The van der Waals surface area contributed by atoms with E-state index in [0.717, 1.165) is 16.8 Å². The van der Waals surface area contributed by atoms with Crippen molar-refractivity contribution in [2.24, 2.45) is 5.73 Å². The van der Waals surface area contributed by atoms with Crippen LogP contribution in [0.15, 0.2) is 71.4 Å². The molecule has 0 spiro atoms. The molecule has 0 saturated carbocycles. The third-order valence-electron chi connectivity index (χ3n) is 5.73. The lowest BCUT2D eigenvalue weighted by Crippen LogP contribution is -2.21. The molecule has 0 bridgehead atoms. The van der Waals surface area contributed by atoms with Gasteiger partial charge in [-0.15, -0.1) is 16.4 Å². The third-order valence-corrected chi connectivity index (χ3v) is 6.58. The van der Waals surface area contributed by atoms with E-state index < -0.39 is 11.9 Å². The molecule has 5 rings (SSSR count). The number of hydrogen-bond donors (Lipinski definition) is 2. The number of fused-ring (bicyclic) bond motifs is 1. The highest BCUT2D eigenvalue weighted by molar-refractivity contribution is 7.12. The van der Waals surface area contributed by atoms with Gasteiger partial charge in [-0.3, -0.25) is 5.10 Å². The van der Waals surface area contributed by atoms with Crippen molar-refractivity contribution < 1.29 is 19.0 Å². The molecule has 1 unspecified atom stereocenters. The number of H-pyrrole nitrogens is 1. The summed E-state index contributed by atoms with van der Waals surface area (Å²) in [5, 5.41) is 19.1. The lowest BCUT2D eigenvalue weighted by Gasteiger charge is -2.24. The number of nitrogens with one attached hydrogen (secondary N) is 1. The van der Waals surface area contributed by atoms with E-state index in [1.807, 2.05) is 31.2 Å². The van der Waals surface area contributed by atoms with E-state index in [2.05, 4.69) is 16.3 Å². The van der Waals surface area contributed by atoms with Crippen molar-refractivity contribution in [3.8, 4) is 34.7 Å². The zero-order valence-electron chi connectivity index (χ0n) is 18.9. The van der Waals surface area contributed by atoms with Crippen LogP contribution in [0.4, 0.5) is 0 Å². The minimum absolute atomic E-state index is 0.0147. The van der Waals surface area contributed by atoms with Gasteiger partial charge in [0.15, 0.2) is 11.5 Å². The maximum atomic E-state index is 12.5. The molecular formula is C26H20N4O4S. The zero-order chi connectivity index (χ0) is 24.5. The van der Waals surface area contributed by atoms with Gasteiger partial charge in [-0.05, 0) is 36.1 Å². The van der Waals surface area contributed by atoms with Crippen molar-refractivity contribution in [3.05, 3.63) is 93.0 Å². The van der Waals surface area contributed by atoms with Crippen LogP contribution in [-0.2, 0) is 0 Å². The second-order valence-corrected chi connectivity index (χ2v) is 8.83. The number of aromatic amines is 1. The molecule has 0 aliphatic carbocycles. The smallest absolute Gasteiger partial charge is 0.353 e. The van der Waals surface area contributed by atoms with Crippen molar-refractivity contribution >= 4 is 17.3 Å². The maximum Gasteiger partial charge on any atom is 0.353 e. The molecule has 0 radical (unpaired) electrons. The van der Waals surface area contributed by atoms with Crippen LogP contribution < -0.4 is 19.9 Å². The number of aromatic nitrogens is 2. The van der Waals surface area contributed by atoms with Gasteiger partial charge < -0.3 is 19.9 Å². The number of carbonyl (C=O) groups excluding carboxylic acids is 1. The predicted octanol–water partition coefficient (Wildman–Crippen LogP) is 4.89. The minimum atomic E-state index is -0.574. The van der Waals surface area contributed by atoms with Crippen LogP contribution >= 0.6 is 11.3 Å². The molecule has 2 aromatic carbocycles. The molecule has 174 valence electrons. The normalized spacial score (nSPS) is 14.6. The molecule has 0 fully saturated rings. The molecule has 8 nitrogen and oxygen atoms in total. The number of thiophene rings is 1. The Kier molecular flexibility index (Phi) is 5.73. The molecule has 35 heavy (non-hydrogen) atoms. The number of nitrogens with two attached hydrogens (primary N) is 1. The van der Waals surface area contributed by atoms with Crippen LogP contribution in [0.3, 0.4) is 0 Å². The lowest BCUT2D eigenvalue weighted by molar-refractivity contribution is 0.0734. The maximum absolute atomic E-state index is 12.5. The quantitative estimate of drug-likeness (QED) is 0.305. The highest BCUT2D eigenvalue weighted by Gasteiger charge is 2.36. The van der Waals surface area contributed by atoms with Crippen molar-refractivity contribution in [2.45, 2.75) is 12.8 Å². The van der Waals surface area contributed by atoms with Crippen LogP contribution in [0.25, 0.3) is 11.3 Å². The molecule has 4 aromatic rings. The first-order valence-corrected chi connectivity index (χ1v) is 11.5. The molecule has 1 aliphatic rings. The number of carbonyl (C=O) groups is 1. The Labute approximate surface area is 205 Å². The number of rotatable bonds is 5. The van der Waals surface area contributed by atoms with Crippen molar-refractivity contribution in [1.29, 1.82) is 5.26 Å². The topological polar surface area (TPSA) is 123 Å². The van der Waals surface area contributed by atoms with Crippen LogP contribution in [0, 0.1) is 18.3 Å². The van der Waals surface area contributed by atoms with Crippen molar-refractivity contribution in [3.63, 3.8) is 0 Å². The fourth-order valence-corrected chi connectivity index (χ4v) is 4.61. The summed E-state index contributed by atoms with van der Waals surface area (Å²) < 4.78 is 16.8. The van der Waals surface area contributed by atoms with Gasteiger partial charge in [0.1, 0.15) is 16.5 Å². The lowest BCUT2D eigenvalue weighted by atomic mass is 9.83. The summed E-state index contributed by atoms with van der Waals surface area (Å²) >= 11 is 1.29. The Morgan fingerprint density at radius 1 is 1.20 bits per heavy atom. The summed E-state index contributed by atoms with van der Waals surface area (Å²) in [6.45, 7) is 2.01. The van der Waals surface area contributed by atoms with E-state index in [1.165, 1.54) is 18.4 Å². The van der Waals surface area contributed by atoms with Gasteiger partial charge in [0.05, 0.1) is 24.3 Å². The number of benzene rings is 2. The summed E-state index contributed by atoms with van der Waals surface area (Å²) in [6.07, 6.45) is 0. The first kappa shape index (κ1) is 22.3. The second kappa shape index (κ2) is 9.00. The Balaban J connectivity index is 1.59. The van der Waals surface area contributed by atoms with Gasteiger partial charge in [-0.2, -0.15) is 5.26 Å². The Morgan fingerprint density at radius 3 is 2.69 bits per heavy atom. The first-order chi connectivity index (χ1) is 17.0. The number of hydrogen-bond acceptors (Lipinski definition) is 8. The SMILES string of the molecule is COc1cc(C2C(C#N)=C(N)Oc3n[nH]c(-c4ccc(C)cc4)c32)ccc1OC(=O)c1cccs1. The molecular weight excluding hydrogens is 464 g/mol. The van der Waals surface area contributed by atoms with Gasteiger partial charge in [0, 0.05) is 5.56 Å². The number of ether oxygens (including phenoxy) is 3. The summed E-state index contributed by atoms with van der Waals surface area (Å²) in [7, 11) is 1.49. The number of esters is 1. The average molecular weight is 485 g/mol. The fraction of sp³-hybridized carbons (Fsp3) is 0.115. The van der Waals surface area contributed by atoms with Crippen molar-refractivity contribution in [1.82, 2.24) is 10.2 Å². The van der Waals surface area contributed by atoms with Crippen LogP contribution in [0.2, 0.25) is 0 Å². The Hall–Kier alpha value is -4.55. The molecule has 3 heterocycles. The largest absolute Gasteiger partial charge is 0.493 e. The van der Waals surface area contributed by atoms with Crippen LogP contribution in [-0.4, -0.2) is 23.3 Å². The van der Waals surface area contributed by atoms with Gasteiger partial charge in [0.2, 0.25) is 11.8 Å². The predicted molar refractivity (Wildman–Crippen MR) is 130 cm³/mol. The standard InChI is InChI=1S/C26H20N4O4S/c1-14-5-7-15(8-6-14)23-22-21(17(13-27)24(28)34-25(22)30-29-23)16-9-10-18(19(12-16)32-2)33-26(31)20-4-3-11-35-20/h3-12,21H,28H2,1-2H3,(H,29,30). The molecule has 3 N–H and O–H groups in total. The highest BCUT2D eigenvalue weighted by Crippen LogP contribution is 2.47. The van der Waals surface area contributed by atoms with Gasteiger partial charge >= 0.3 is 5.97 Å². The number of nitrogens with zero attached hydrogens (tertiary/aromatic N) is 2. The second-order valence-electron chi connectivity index (χ2n) is 7.89. The van der Waals surface area contributed by atoms with E-state index in [4.69, 9.17) is 19.9 Å². The summed E-state index contributed by atoms with van der Waals surface area (Å²) in [5.74, 6) is -0.152. The molecule has 0 amide bonds. The summed E-state index contributed by atoms with van der Waals surface area (Å²) in [5.41, 5.74) is 10.5. The van der Waals surface area contributed by atoms with Gasteiger partial charge in [-0.1, -0.05) is 42.0 Å². The number of aryl methyl sites for hydroxylation is 1. The Morgan fingerprint density at radius 2 is 2.00 bits per heavy atom.